The van der Waals surface area contributed by atoms with E-state index in [0.717, 1.165) is 17.4 Å². The molecule has 1 aliphatic heterocycles. The molecule has 0 saturated carbocycles. The van der Waals surface area contributed by atoms with Crippen molar-refractivity contribution in [2.75, 3.05) is 11.9 Å². The minimum absolute atomic E-state index is 0.384. The van der Waals surface area contributed by atoms with Gasteiger partial charge in [0.05, 0.1) is 5.02 Å². The molecule has 3 rings (SSSR count). The number of pyridine rings is 1. The smallest absolute Gasteiger partial charge is 0.179 e. The standard InChI is InChI=1S/C16H14Cl2N4S2/c1-10-9-22(15(23)20-13-4-2-3-11(17)7-13)16(24-10)21-14-6-5-12(18)8-19-14/h2-8,10H,9H2,1H3,(H,20,23). The molecule has 24 heavy (non-hydrogen) atoms. The van der Waals surface area contributed by atoms with Gasteiger partial charge in [-0.2, -0.15) is 0 Å². The number of hydrogen-bond acceptors (Lipinski definition) is 4. The first-order valence-electron chi connectivity index (χ1n) is 7.22. The molecule has 1 fully saturated rings. The molecule has 2 aromatic rings. The molecular weight excluding hydrogens is 383 g/mol. The zero-order valence-corrected chi connectivity index (χ0v) is 15.9. The normalized spacial score (nSPS) is 18.9. The van der Waals surface area contributed by atoms with Crippen LogP contribution in [0.1, 0.15) is 6.92 Å². The highest BCUT2D eigenvalue weighted by atomic mass is 35.5. The van der Waals surface area contributed by atoms with E-state index in [0.29, 0.717) is 26.2 Å². The monoisotopic (exact) mass is 396 g/mol. The molecule has 0 amide bonds. The largest absolute Gasteiger partial charge is 0.332 e. The number of nitrogens with zero attached hydrogens (tertiary/aromatic N) is 3. The minimum Gasteiger partial charge on any atom is -0.332 e. The van der Waals surface area contributed by atoms with Crippen LogP contribution in [-0.4, -0.2) is 32.0 Å². The Hall–Kier alpha value is -1.34. The molecular formula is C16H14Cl2N4S2. The van der Waals surface area contributed by atoms with Crippen LogP contribution in [0.5, 0.6) is 0 Å². The molecule has 4 nitrogen and oxygen atoms in total. The SMILES string of the molecule is CC1CN(C(=S)Nc2cccc(Cl)c2)C(=Nc2ccc(Cl)cn2)S1. The van der Waals surface area contributed by atoms with Gasteiger partial charge in [-0.1, -0.05) is 48.0 Å². The molecule has 1 atom stereocenters. The summed E-state index contributed by atoms with van der Waals surface area (Å²) >= 11 is 19.1. The lowest BCUT2D eigenvalue weighted by atomic mass is 10.3. The molecule has 124 valence electrons. The second-order valence-corrected chi connectivity index (χ2v) is 7.87. The van der Waals surface area contributed by atoms with Crippen molar-refractivity contribution in [1.82, 2.24) is 9.88 Å². The minimum atomic E-state index is 0.384. The van der Waals surface area contributed by atoms with Crippen molar-refractivity contribution < 1.29 is 0 Å². The molecule has 1 saturated heterocycles. The maximum Gasteiger partial charge on any atom is 0.179 e. The maximum atomic E-state index is 6.02. The Morgan fingerprint density at radius 3 is 2.88 bits per heavy atom. The number of nitrogens with one attached hydrogen (secondary N) is 1. The summed E-state index contributed by atoms with van der Waals surface area (Å²) in [6.07, 6.45) is 1.58. The van der Waals surface area contributed by atoms with Gasteiger partial charge in [0.2, 0.25) is 0 Å². The first kappa shape index (κ1) is 17.5. The Bertz CT molecular complexity index is 780. The number of aliphatic imine (C=N–C) groups is 1. The van der Waals surface area contributed by atoms with E-state index in [4.69, 9.17) is 35.4 Å². The van der Waals surface area contributed by atoms with Crippen LogP contribution >= 0.6 is 47.2 Å². The Morgan fingerprint density at radius 2 is 2.17 bits per heavy atom. The fourth-order valence-corrected chi connectivity index (χ4v) is 3.82. The molecule has 1 aromatic heterocycles. The molecule has 1 N–H and O–H groups in total. The average molecular weight is 397 g/mol. The van der Waals surface area contributed by atoms with Crippen LogP contribution in [0.25, 0.3) is 0 Å². The van der Waals surface area contributed by atoms with Crippen LogP contribution in [-0.2, 0) is 0 Å². The number of thioether (sulfide) groups is 1. The number of anilines is 1. The number of halogens is 2. The van der Waals surface area contributed by atoms with Crippen LogP contribution in [0.3, 0.4) is 0 Å². The van der Waals surface area contributed by atoms with Gasteiger partial charge in [0.1, 0.15) is 0 Å². The highest BCUT2D eigenvalue weighted by Gasteiger charge is 2.29. The highest BCUT2D eigenvalue weighted by molar-refractivity contribution is 8.14. The quantitative estimate of drug-likeness (QED) is 0.705. The lowest BCUT2D eigenvalue weighted by molar-refractivity contribution is 0.641. The summed E-state index contributed by atoms with van der Waals surface area (Å²) in [5.41, 5.74) is 0.848. The average Bonchev–Trinajstić information content (AvgIpc) is 2.90. The van der Waals surface area contributed by atoms with Gasteiger partial charge >= 0.3 is 0 Å². The number of benzene rings is 1. The van der Waals surface area contributed by atoms with Crippen LogP contribution in [0, 0.1) is 0 Å². The van der Waals surface area contributed by atoms with Gasteiger partial charge in [-0.3, -0.25) is 4.90 Å². The van der Waals surface area contributed by atoms with Crippen molar-refractivity contribution in [2.45, 2.75) is 12.2 Å². The van der Waals surface area contributed by atoms with Gasteiger partial charge in [-0.05, 0) is 42.5 Å². The second-order valence-electron chi connectivity index (χ2n) is 5.21. The molecule has 1 aliphatic rings. The topological polar surface area (TPSA) is 40.5 Å². The van der Waals surface area contributed by atoms with Crippen molar-refractivity contribution in [3.05, 3.63) is 52.6 Å². The Balaban J connectivity index is 1.79. The fraction of sp³-hybridized carbons (Fsp3) is 0.188. The third-order valence-electron chi connectivity index (χ3n) is 3.22. The van der Waals surface area contributed by atoms with E-state index in [1.54, 1.807) is 30.1 Å². The molecule has 0 radical (unpaired) electrons. The Morgan fingerprint density at radius 1 is 1.33 bits per heavy atom. The number of hydrogen-bond donors (Lipinski definition) is 1. The van der Waals surface area contributed by atoms with Gasteiger partial charge in [0, 0.05) is 28.7 Å². The van der Waals surface area contributed by atoms with E-state index >= 15 is 0 Å². The van der Waals surface area contributed by atoms with E-state index in [2.05, 4.69) is 22.2 Å². The van der Waals surface area contributed by atoms with E-state index < -0.39 is 0 Å². The highest BCUT2D eigenvalue weighted by Crippen LogP contribution is 2.28. The summed E-state index contributed by atoms with van der Waals surface area (Å²) in [6.45, 7) is 2.92. The maximum absolute atomic E-state index is 6.02. The van der Waals surface area contributed by atoms with Gasteiger partial charge in [0.15, 0.2) is 16.1 Å². The summed E-state index contributed by atoms with van der Waals surface area (Å²) in [5.74, 6) is 0.603. The molecule has 2 heterocycles. The summed E-state index contributed by atoms with van der Waals surface area (Å²) < 4.78 is 0. The van der Waals surface area contributed by atoms with Crippen LogP contribution < -0.4 is 5.32 Å². The van der Waals surface area contributed by atoms with Crippen LogP contribution in [0.15, 0.2) is 47.6 Å². The lowest BCUT2D eigenvalue weighted by Crippen LogP contribution is -2.36. The van der Waals surface area contributed by atoms with Crippen molar-refractivity contribution >= 4 is 69.0 Å². The molecule has 0 spiro atoms. The van der Waals surface area contributed by atoms with Crippen molar-refractivity contribution in [2.24, 2.45) is 4.99 Å². The fourth-order valence-electron chi connectivity index (χ4n) is 2.16. The van der Waals surface area contributed by atoms with E-state index in [1.807, 2.05) is 29.2 Å². The van der Waals surface area contributed by atoms with Gasteiger partial charge in [-0.15, -0.1) is 0 Å². The van der Waals surface area contributed by atoms with E-state index in [9.17, 15) is 0 Å². The molecule has 1 aromatic carbocycles. The number of rotatable bonds is 2. The number of thiocarbonyl (C=S) groups is 1. The van der Waals surface area contributed by atoms with Gasteiger partial charge < -0.3 is 5.32 Å². The van der Waals surface area contributed by atoms with Gasteiger partial charge in [0.25, 0.3) is 0 Å². The van der Waals surface area contributed by atoms with E-state index in [1.165, 1.54) is 0 Å². The van der Waals surface area contributed by atoms with Gasteiger partial charge in [-0.25, -0.2) is 9.98 Å². The zero-order valence-electron chi connectivity index (χ0n) is 12.7. The first-order valence-corrected chi connectivity index (χ1v) is 9.26. The van der Waals surface area contributed by atoms with E-state index in [-0.39, 0.29) is 0 Å². The van der Waals surface area contributed by atoms with Crippen molar-refractivity contribution in [3.63, 3.8) is 0 Å². The summed E-state index contributed by atoms with van der Waals surface area (Å²) in [7, 11) is 0. The molecule has 8 heteroatoms. The summed E-state index contributed by atoms with van der Waals surface area (Å²) in [5, 5.41) is 6.24. The van der Waals surface area contributed by atoms with Crippen LogP contribution in [0.2, 0.25) is 10.0 Å². The Kier molecular flexibility index (Phi) is 5.61. The number of amidine groups is 1. The molecule has 0 bridgehead atoms. The first-order chi connectivity index (χ1) is 11.5. The van der Waals surface area contributed by atoms with Crippen molar-refractivity contribution in [1.29, 1.82) is 0 Å². The Labute approximate surface area is 160 Å². The second kappa shape index (κ2) is 7.70. The zero-order chi connectivity index (χ0) is 17.1. The lowest BCUT2D eigenvalue weighted by Gasteiger charge is -2.20. The molecule has 1 unspecified atom stereocenters. The third kappa shape index (κ3) is 4.39. The summed E-state index contributed by atoms with van der Waals surface area (Å²) in [4.78, 5) is 10.8. The third-order valence-corrected chi connectivity index (χ3v) is 5.08. The van der Waals surface area contributed by atoms with Crippen LogP contribution in [0.4, 0.5) is 11.5 Å². The summed E-state index contributed by atoms with van der Waals surface area (Å²) in [6, 6.07) is 11.0. The molecule has 0 aliphatic carbocycles. The predicted octanol–water partition coefficient (Wildman–Crippen LogP) is 5.21. The predicted molar refractivity (Wildman–Crippen MR) is 108 cm³/mol. The number of aromatic nitrogens is 1. The van der Waals surface area contributed by atoms with Crippen molar-refractivity contribution in [3.8, 4) is 0 Å².